The molecule has 4 rings (SSSR count). The van der Waals surface area contributed by atoms with Crippen molar-refractivity contribution in [2.75, 3.05) is 11.9 Å². The predicted molar refractivity (Wildman–Crippen MR) is 100 cm³/mol. The molecule has 2 aliphatic rings. The number of phenols is 1. The molecule has 0 fully saturated rings. The fourth-order valence-electron chi connectivity index (χ4n) is 3.65. The minimum atomic E-state index is -0.402. The first-order chi connectivity index (χ1) is 12.0. The van der Waals surface area contributed by atoms with Crippen LogP contribution in [0.25, 0.3) is 0 Å². The smallest absolute Gasteiger partial charge is 0.256 e. The molecule has 1 unspecified atom stereocenters. The first kappa shape index (κ1) is 16.4. The van der Waals surface area contributed by atoms with E-state index in [2.05, 4.69) is 29.4 Å². The molecule has 1 amide bonds. The predicted octanol–water partition coefficient (Wildman–Crippen LogP) is 3.38. The topological polar surface area (TPSA) is 64.6 Å². The van der Waals surface area contributed by atoms with Crippen molar-refractivity contribution in [2.24, 2.45) is 0 Å². The van der Waals surface area contributed by atoms with Gasteiger partial charge in [-0.05, 0) is 38.3 Å². The number of nitrogens with one attached hydrogen (secondary N) is 2. The van der Waals surface area contributed by atoms with Crippen LogP contribution in [0.4, 0.5) is 5.00 Å². The second-order valence-electron chi connectivity index (χ2n) is 7.09. The van der Waals surface area contributed by atoms with Gasteiger partial charge in [0, 0.05) is 29.6 Å². The SMILES string of the molecule is Cc1cccc(C2NC(=O)c3c(sc4c3CCN(C(C)C)C4)N2)c1O. The molecular weight excluding hydrogens is 334 g/mol. The number of carbonyl (C=O) groups excluding carboxylic acids is 1. The highest BCUT2D eigenvalue weighted by Gasteiger charge is 2.34. The van der Waals surface area contributed by atoms with Crippen molar-refractivity contribution in [3.8, 4) is 5.75 Å². The van der Waals surface area contributed by atoms with Crippen molar-refractivity contribution < 1.29 is 9.90 Å². The zero-order valence-corrected chi connectivity index (χ0v) is 15.5. The highest BCUT2D eigenvalue weighted by atomic mass is 32.1. The lowest BCUT2D eigenvalue weighted by Crippen LogP contribution is -2.39. The van der Waals surface area contributed by atoms with Crippen LogP contribution >= 0.6 is 11.3 Å². The summed E-state index contributed by atoms with van der Waals surface area (Å²) in [6, 6.07) is 6.11. The fraction of sp³-hybridized carbons (Fsp3) is 0.421. The summed E-state index contributed by atoms with van der Waals surface area (Å²) in [7, 11) is 0. The highest BCUT2D eigenvalue weighted by Crippen LogP contribution is 2.42. The number of hydrogen-bond donors (Lipinski definition) is 3. The average molecular weight is 357 g/mol. The summed E-state index contributed by atoms with van der Waals surface area (Å²) in [6.45, 7) is 8.17. The Balaban J connectivity index is 1.68. The van der Waals surface area contributed by atoms with Gasteiger partial charge in [-0.15, -0.1) is 11.3 Å². The molecule has 5 nitrogen and oxygen atoms in total. The summed E-state index contributed by atoms with van der Waals surface area (Å²) >= 11 is 1.68. The van der Waals surface area contributed by atoms with E-state index in [0.29, 0.717) is 11.6 Å². The quantitative estimate of drug-likeness (QED) is 0.771. The lowest BCUT2D eigenvalue weighted by atomic mass is 9.99. The van der Waals surface area contributed by atoms with Crippen LogP contribution < -0.4 is 10.6 Å². The van der Waals surface area contributed by atoms with Gasteiger partial charge in [-0.3, -0.25) is 9.69 Å². The third kappa shape index (κ3) is 2.69. The molecule has 2 aliphatic heterocycles. The van der Waals surface area contributed by atoms with Crippen LogP contribution in [0.3, 0.4) is 0 Å². The van der Waals surface area contributed by atoms with E-state index in [1.807, 2.05) is 25.1 Å². The van der Waals surface area contributed by atoms with Gasteiger partial charge in [-0.2, -0.15) is 0 Å². The van der Waals surface area contributed by atoms with Gasteiger partial charge in [-0.25, -0.2) is 0 Å². The van der Waals surface area contributed by atoms with Gasteiger partial charge in [-0.1, -0.05) is 18.2 Å². The van der Waals surface area contributed by atoms with Crippen LogP contribution in [0.15, 0.2) is 18.2 Å². The standard InChI is InChI=1S/C19H23N3O2S/c1-10(2)22-8-7-12-14(9-22)25-19-15(12)18(24)20-17(21-19)13-6-4-5-11(3)16(13)23/h4-6,10,17,21,23H,7-9H2,1-3H3,(H,20,24). The number of aromatic hydroxyl groups is 1. The number of rotatable bonds is 2. The first-order valence-electron chi connectivity index (χ1n) is 8.70. The minimum Gasteiger partial charge on any atom is -0.507 e. The van der Waals surface area contributed by atoms with Crippen LogP contribution in [-0.4, -0.2) is 28.5 Å². The Morgan fingerprint density at radius 1 is 1.32 bits per heavy atom. The zero-order chi connectivity index (χ0) is 17.7. The van der Waals surface area contributed by atoms with Crippen LogP contribution in [0.1, 0.15) is 51.9 Å². The Bertz CT molecular complexity index is 843. The van der Waals surface area contributed by atoms with E-state index in [1.54, 1.807) is 11.3 Å². The van der Waals surface area contributed by atoms with Gasteiger partial charge >= 0.3 is 0 Å². The van der Waals surface area contributed by atoms with Crippen molar-refractivity contribution in [3.05, 3.63) is 45.3 Å². The van der Waals surface area contributed by atoms with Gasteiger partial charge in [0.2, 0.25) is 0 Å². The average Bonchev–Trinajstić information content (AvgIpc) is 2.95. The number of anilines is 1. The van der Waals surface area contributed by atoms with E-state index in [0.717, 1.165) is 35.6 Å². The molecule has 3 N–H and O–H groups in total. The Labute approximate surface area is 151 Å². The summed E-state index contributed by atoms with van der Waals surface area (Å²) in [5.41, 5.74) is 3.49. The molecule has 25 heavy (non-hydrogen) atoms. The van der Waals surface area contributed by atoms with E-state index >= 15 is 0 Å². The molecule has 132 valence electrons. The van der Waals surface area contributed by atoms with Gasteiger partial charge in [0.05, 0.1) is 5.56 Å². The van der Waals surface area contributed by atoms with E-state index in [1.165, 1.54) is 10.4 Å². The molecule has 0 radical (unpaired) electrons. The van der Waals surface area contributed by atoms with Crippen molar-refractivity contribution in [2.45, 2.75) is 45.9 Å². The lowest BCUT2D eigenvalue weighted by molar-refractivity contribution is 0.0934. The number of hydrogen-bond acceptors (Lipinski definition) is 5. The molecule has 0 saturated carbocycles. The van der Waals surface area contributed by atoms with Crippen molar-refractivity contribution in [3.63, 3.8) is 0 Å². The third-order valence-electron chi connectivity index (χ3n) is 5.17. The van der Waals surface area contributed by atoms with Crippen LogP contribution in [-0.2, 0) is 13.0 Å². The maximum absolute atomic E-state index is 12.8. The van der Waals surface area contributed by atoms with Gasteiger partial charge < -0.3 is 15.7 Å². The molecular formula is C19H23N3O2S. The molecule has 2 aromatic rings. The molecule has 1 atom stereocenters. The van der Waals surface area contributed by atoms with E-state index in [4.69, 9.17) is 0 Å². The molecule has 6 heteroatoms. The molecule has 0 saturated heterocycles. The molecule has 0 spiro atoms. The Kier molecular flexibility index (Phi) is 3.96. The number of thiophene rings is 1. The molecule has 1 aromatic heterocycles. The van der Waals surface area contributed by atoms with Crippen LogP contribution in [0.2, 0.25) is 0 Å². The normalized spacial score (nSPS) is 20.0. The number of aryl methyl sites for hydroxylation is 1. The summed E-state index contributed by atoms with van der Waals surface area (Å²) in [5, 5.41) is 17.7. The van der Waals surface area contributed by atoms with E-state index in [9.17, 15) is 9.90 Å². The van der Waals surface area contributed by atoms with Crippen molar-refractivity contribution in [1.82, 2.24) is 10.2 Å². The Morgan fingerprint density at radius 2 is 2.12 bits per heavy atom. The zero-order valence-electron chi connectivity index (χ0n) is 14.7. The Hall–Kier alpha value is -2.05. The van der Waals surface area contributed by atoms with E-state index in [-0.39, 0.29) is 11.7 Å². The fourth-order valence-corrected chi connectivity index (χ4v) is 4.95. The minimum absolute atomic E-state index is 0.0462. The van der Waals surface area contributed by atoms with Crippen molar-refractivity contribution >= 4 is 22.2 Å². The molecule has 0 bridgehead atoms. The number of carbonyl (C=O) groups is 1. The summed E-state index contributed by atoms with van der Waals surface area (Å²) in [4.78, 5) is 16.5. The third-order valence-corrected chi connectivity index (χ3v) is 6.32. The van der Waals surface area contributed by atoms with Crippen LogP contribution in [0.5, 0.6) is 5.75 Å². The second kappa shape index (κ2) is 6.04. The van der Waals surface area contributed by atoms with Gasteiger partial charge in [0.1, 0.15) is 16.9 Å². The Morgan fingerprint density at radius 3 is 2.88 bits per heavy atom. The summed E-state index contributed by atoms with van der Waals surface area (Å²) in [5.74, 6) is 0.186. The summed E-state index contributed by atoms with van der Waals surface area (Å²) in [6.07, 6.45) is 0.510. The number of benzene rings is 1. The number of phenolic OH excluding ortho intramolecular Hbond substituents is 1. The maximum Gasteiger partial charge on any atom is 0.256 e. The van der Waals surface area contributed by atoms with Crippen LogP contribution in [0, 0.1) is 6.92 Å². The number of para-hydroxylation sites is 1. The number of fused-ring (bicyclic) bond motifs is 3. The molecule has 1 aromatic carbocycles. The maximum atomic E-state index is 12.8. The summed E-state index contributed by atoms with van der Waals surface area (Å²) < 4.78 is 0. The van der Waals surface area contributed by atoms with E-state index < -0.39 is 6.17 Å². The largest absolute Gasteiger partial charge is 0.507 e. The molecule has 3 heterocycles. The highest BCUT2D eigenvalue weighted by molar-refractivity contribution is 7.16. The second-order valence-corrected chi connectivity index (χ2v) is 8.19. The number of amides is 1. The van der Waals surface area contributed by atoms with Gasteiger partial charge in [0.15, 0.2) is 0 Å². The monoisotopic (exact) mass is 357 g/mol. The van der Waals surface area contributed by atoms with Crippen molar-refractivity contribution in [1.29, 1.82) is 0 Å². The molecule has 0 aliphatic carbocycles. The van der Waals surface area contributed by atoms with Gasteiger partial charge in [0.25, 0.3) is 5.91 Å². The first-order valence-corrected chi connectivity index (χ1v) is 9.51. The lowest BCUT2D eigenvalue weighted by Gasteiger charge is -2.31. The number of nitrogens with zero attached hydrogens (tertiary/aromatic N) is 1.